The Kier molecular flexibility index (Phi) is 4.93. The van der Waals surface area contributed by atoms with Crippen molar-refractivity contribution in [1.82, 2.24) is 9.97 Å². The van der Waals surface area contributed by atoms with Gasteiger partial charge >= 0.3 is 5.97 Å². The monoisotopic (exact) mass is 463 g/mol. The number of benzene rings is 2. The molecule has 34 heavy (non-hydrogen) atoms. The number of nitrogens with one attached hydrogen (secondary N) is 1. The second-order valence-electron chi connectivity index (χ2n) is 9.51. The lowest BCUT2D eigenvalue weighted by molar-refractivity contribution is -0.170. The molecule has 2 N–H and O–H groups in total. The second kappa shape index (κ2) is 7.62. The summed E-state index contributed by atoms with van der Waals surface area (Å²) in [6.45, 7) is 4.68. The number of alkyl halides is 2. The van der Waals surface area contributed by atoms with Crippen molar-refractivity contribution in [3.8, 4) is 6.07 Å². The number of carboxylic acid groups (broad SMARTS) is 1. The number of nitriles is 1. The zero-order valence-corrected chi connectivity index (χ0v) is 18.8. The number of halogens is 2. The summed E-state index contributed by atoms with van der Waals surface area (Å²) < 4.78 is 26.9. The quantitative estimate of drug-likeness (QED) is 0.554. The van der Waals surface area contributed by atoms with Crippen molar-refractivity contribution in [3.05, 3.63) is 58.8 Å². The van der Waals surface area contributed by atoms with E-state index >= 15 is 0 Å². The average Bonchev–Trinajstić information content (AvgIpc) is 2.74. The van der Waals surface area contributed by atoms with E-state index < -0.39 is 17.3 Å². The zero-order valence-electron chi connectivity index (χ0n) is 18.8. The third-order valence-corrected chi connectivity index (χ3v) is 6.65. The first-order valence-corrected chi connectivity index (χ1v) is 11.0. The number of nitrogens with zero attached hydrogens (tertiary/aromatic N) is 4. The number of carbonyl (C=O) groups is 1. The predicted molar refractivity (Wildman–Crippen MR) is 123 cm³/mol. The Bertz CT molecular complexity index is 1350. The molecule has 2 aliphatic rings. The molecule has 2 heterocycles. The number of carboxylic acids is 1. The van der Waals surface area contributed by atoms with E-state index in [1.54, 1.807) is 18.2 Å². The van der Waals surface area contributed by atoms with Gasteiger partial charge in [0.2, 0.25) is 5.92 Å². The third-order valence-electron chi connectivity index (χ3n) is 6.65. The molecule has 2 aromatic carbocycles. The van der Waals surface area contributed by atoms with Crippen molar-refractivity contribution in [2.45, 2.75) is 38.7 Å². The summed E-state index contributed by atoms with van der Waals surface area (Å²) in [5.41, 5.74) is 3.28. The summed E-state index contributed by atoms with van der Waals surface area (Å²) in [5, 5.41) is 22.5. The van der Waals surface area contributed by atoms with E-state index in [2.05, 4.69) is 16.4 Å². The minimum absolute atomic E-state index is 0.131. The van der Waals surface area contributed by atoms with E-state index in [1.807, 2.05) is 30.9 Å². The van der Waals surface area contributed by atoms with Crippen molar-refractivity contribution in [2.24, 2.45) is 5.41 Å². The molecule has 5 rings (SSSR count). The van der Waals surface area contributed by atoms with Gasteiger partial charge in [0.25, 0.3) is 0 Å². The maximum Gasteiger partial charge on any atom is 0.337 e. The van der Waals surface area contributed by atoms with Gasteiger partial charge in [-0.1, -0.05) is 18.2 Å². The number of aryl methyl sites for hydroxylation is 1. The Morgan fingerprint density at radius 3 is 2.59 bits per heavy atom. The van der Waals surface area contributed by atoms with E-state index in [4.69, 9.17) is 4.98 Å². The molecular weight excluding hydrogens is 440 g/mol. The summed E-state index contributed by atoms with van der Waals surface area (Å²) >= 11 is 0. The van der Waals surface area contributed by atoms with Gasteiger partial charge in [-0.25, -0.2) is 23.5 Å². The molecular formula is C25H23F2N5O2. The molecule has 7 nitrogen and oxygen atoms in total. The van der Waals surface area contributed by atoms with Crippen LogP contribution in [0.15, 0.2) is 36.4 Å². The Hall–Kier alpha value is -3.80. The molecule has 2 fully saturated rings. The second-order valence-corrected chi connectivity index (χ2v) is 9.51. The first-order chi connectivity index (χ1) is 16.1. The van der Waals surface area contributed by atoms with Crippen LogP contribution in [-0.4, -0.2) is 40.1 Å². The van der Waals surface area contributed by atoms with E-state index in [0.29, 0.717) is 35.6 Å². The maximum atomic E-state index is 13.4. The van der Waals surface area contributed by atoms with Gasteiger partial charge in [0, 0.05) is 42.6 Å². The molecule has 0 unspecified atom stereocenters. The SMILES string of the molecule is Cc1cc([C@@H](C)Nc2ccccc2C(=O)O)c2nc(N3CC4(C3)CC(F)(F)C4)c(C#N)nc2c1. The van der Waals surface area contributed by atoms with Gasteiger partial charge in [0.15, 0.2) is 11.5 Å². The lowest BCUT2D eigenvalue weighted by Crippen LogP contribution is -2.66. The van der Waals surface area contributed by atoms with Crippen molar-refractivity contribution >= 4 is 28.5 Å². The molecule has 0 radical (unpaired) electrons. The normalized spacial score (nSPS) is 18.6. The molecule has 3 aromatic rings. The summed E-state index contributed by atoms with van der Waals surface area (Å²) in [6.07, 6.45) is -0.262. The van der Waals surface area contributed by atoms with Gasteiger partial charge in [-0.3, -0.25) is 0 Å². The van der Waals surface area contributed by atoms with Crippen molar-refractivity contribution < 1.29 is 18.7 Å². The minimum atomic E-state index is -2.60. The largest absolute Gasteiger partial charge is 0.478 e. The number of fused-ring (bicyclic) bond motifs is 1. The third kappa shape index (κ3) is 3.69. The number of para-hydroxylation sites is 1. The summed E-state index contributed by atoms with van der Waals surface area (Å²) in [5.74, 6) is -3.23. The highest BCUT2D eigenvalue weighted by atomic mass is 19.3. The first-order valence-electron chi connectivity index (χ1n) is 11.0. The predicted octanol–water partition coefficient (Wildman–Crippen LogP) is 4.92. The smallest absolute Gasteiger partial charge is 0.337 e. The highest BCUT2D eigenvalue weighted by molar-refractivity contribution is 5.94. The highest BCUT2D eigenvalue weighted by Gasteiger charge is 2.62. The molecule has 1 aromatic heterocycles. The van der Waals surface area contributed by atoms with Crippen LogP contribution in [0.3, 0.4) is 0 Å². The molecule has 1 saturated heterocycles. The average molecular weight is 463 g/mol. The van der Waals surface area contributed by atoms with E-state index in [0.717, 1.165) is 11.1 Å². The van der Waals surface area contributed by atoms with Crippen molar-refractivity contribution in [3.63, 3.8) is 0 Å². The van der Waals surface area contributed by atoms with Crippen LogP contribution in [0.25, 0.3) is 11.0 Å². The van der Waals surface area contributed by atoms with Gasteiger partial charge < -0.3 is 15.3 Å². The van der Waals surface area contributed by atoms with Crippen LogP contribution in [-0.2, 0) is 0 Å². The summed E-state index contributed by atoms with van der Waals surface area (Å²) in [6, 6.07) is 12.3. The Morgan fingerprint density at radius 1 is 1.24 bits per heavy atom. The molecule has 1 aliphatic carbocycles. The van der Waals surface area contributed by atoms with Crippen molar-refractivity contribution in [1.29, 1.82) is 5.26 Å². The van der Waals surface area contributed by atoms with Crippen LogP contribution >= 0.6 is 0 Å². The highest BCUT2D eigenvalue weighted by Crippen LogP contribution is 2.57. The molecule has 0 amide bonds. The van der Waals surface area contributed by atoms with Crippen LogP contribution in [0, 0.1) is 23.7 Å². The molecule has 1 aliphatic heterocycles. The minimum Gasteiger partial charge on any atom is -0.478 e. The van der Waals surface area contributed by atoms with Gasteiger partial charge in [-0.2, -0.15) is 5.26 Å². The van der Waals surface area contributed by atoms with E-state index in [9.17, 15) is 23.9 Å². The zero-order chi connectivity index (χ0) is 24.3. The maximum absolute atomic E-state index is 13.4. The summed E-state index contributed by atoms with van der Waals surface area (Å²) in [7, 11) is 0. The van der Waals surface area contributed by atoms with Crippen LogP contribution < -0.4 is 10.2 Å². The van der Waals surface area contributed by atoms with Crippen LogP contribution in [0.2, 0.25) is 0 Å². The number of aromatic carboxylic acids is 1. The fourth-order valence-corrected chi connectivity index (χ4v) is 5.24. The topological polar surface area (TPSA) is 102 Å². The number of anilines is 2. The van der Waals surface area contributed by atoms with Gasteiger partial charge in [-0.05, 0) is 37.6 Å². The fraction of sp³-hybridized carbons (Fsp3) is 0.360. The Labute approximate surface area is 195 Å². The fourth-order valence-electron chi connectivity index (χ4n) is 5.24. The number of hydrogen-bond acceptors (Lipinski definition) is 6. The van der Waals surface area contributed by atoms with Crippen LogP contribution in [0.1, 0.15) is 53.0 Å². The molecule has 1 spiro atoms. The van der Waals surface area contributed by atoms with Crippen molar-refractivity contribution in [2.75, 3.05) is 23.3 Å². The van der Waals surface area contributed by atoms with Gasteiger partial charge in [0.05, 0.1) is 22.6 Å². The molecule has 174 valence electrons. The van der Waals surface area contributed by atoms with Crippen LogP contribution in [0.4, 0.5) is 20.3 Å². The molecule has 1 atom stereocenters. The Morgan fingerprint density at radius 2 is 1.94 bits per heavy atom. The van der Waals surface area contributed by atoms with E-state index in [-0.39, 0.29) is 30.1 Å². The molecule has 0 bridgehead atoms. The first kappa shape index (κ1) is 22.0. The Balaban J connectivity index is 1.51. The number of aromatic nitrogens is 2. The molecule has 1 saturated carbocycles. The van der Waals surface area contributed by atoms with Gasteiger partial charge in [-0.15, -0.1) is 0 Å². The van der Waals surface area contributed by atoms with Crippen LogP contribution in [0.5, 0.6) is 0 Å². The van der Waals surface area contributed by atoms with E-state index in [1.165, 1.54) is 6.07 Å². The standard InChI is InChI=1S/C25H23F2N5O2/c1-14-7-17(15(2)29-18-6-4-3-5-16(18)23(33)34)21-19(8-14)30-20(9-28)22(31-21)32-12-24(13-32)10-25(26,27)11-24/h3-8,15,29H,10-13H2,1-2H3,(H,33,34)/t15-/m1/s1. The summed E-state index contributed by atoms with van der Waals surface area (Å²) in [4.78, 5) is 22.8. The lowest BCUT2D eigenvalue weighted by Gasteiger charge is -2.58. The lowest BCUT2D eigenvalue weighted by atomic mass is 9.61. The number of rotatable bonds is 5. The number of hydrogen-bond donors (Lipinski definition) is 2. The molecule has 9 heteroatoms. The van der Waals surface area contributed by atoms with Gasteiger partial charge in [0.1, 0.15) is 6.07 Å².